The van der Waals surface area contributed by atoms with Crippen LogP contribution in [0.15, 0.2) is 21.2 Å². The van der Waals surface area contributed by atoms with E-state index in [9.17, 15) is 14.3 Å². The molecule has 2 aromatic rings. The van der Waals surface area contributed by atoms with E-state index < -0.39 is 17.6 Å². The number of aromatic nitrogens is 1. The number of alkyl halides is 1. The van der Waals surface area contributed by atoms with E-state index in [0.29, 0.717) is 24.7 Å². The summed E-state index contributed by atoms with van der Waals surface area (Å²) in [5.74, 6) is -0.288. The minimum Gasteiger partial charge on any atom is -0.479 e. The monoisotopic (exact) mass is 350 g/mol. The van der Waals surface area contributed by atoms with Crippen molar-refractivity contribution in [3.05, 3.63) is 28.3 Å². The van der Waals surface area contributed by atoms with Crippen molar-refractivity contribution in [1.29, 1.82) is 0 Å². The highest BCUT2D eigenvalue weighted by atomic mass is 32.1. The SMILES string of the molecule is Cc1oc(-c2ccsc2)nc1CN1CC(C2CC2)C(F)(C(=O)O)C1. The van der Waals surface area contributed by atoms with Crippen molar-refractivity contribution in [2.45, 2.75) is 32.0 Å². The van der Waals surface area contributed by atoms with Crippen LogP contribution >= 0.6 is 11.3 Å². The Kier molecular flexibility index (Phi) is 3.73. The Morgan fingerprint density at radius 2 is 2.38 bits per heavy atom. The minimum absolute atomic E-state index is 0.0798. The summed E-state index contributed by atoms with van der Waals surface area (Å²) >= 11 is 1.57. The fourth-order valence-corrected chi connectivity index (χ4v) is 4.22. The van der Waals surface area contributed by atoms with E-state index in [1.54, 1.807) is 11.3 Å². The Balaban J connectivity index is 1.53. The average Bonchev–Trinajstić information content (AvgIpc) is 2.95. The smallest absolute Gasteiger partial charge is 0.343 e. The molecular weight excluding hydrogens is 331 g/mol. The number of thiophene rings is 1. The number of carbonyl (C=O) groups is 1. The third-order valence-electron chi connectivity index (χ3n) is 5.08. The maximum atomic E-state index is 15.0. The average molecular weight is 350 g/mol. The van der Waals surface area contributed by atoms with E-state index in [-0.39, 0.29) is 12.5 Å². The molecule has 2 atom stereocenters. The number of hydrogen-bond donors (Lipinski definition) is 1. The first-order chi connectivity index (χ1) is 11.5. The zero-order valence-electron chi connectivity index (χ0n) is 13.4. The summed E-state index contributed by atoms with van der Waals surface area (Å²) in [6.45, 7) is 2.64. The molecular formula is C17H19FN2O3S. The second-order valence-corrected chi connectivity index (χ2v) is 7.60. The van der Waals surface area contributed by atoms with Crippen LogP contribution in [0, 0.1) is 18.8 Å². The second-order valence-electron chi connectivity index (χ2n) is 6.82. The van der Waals surface area contributed by atoms with Gasteiger partial charge in [0.1, 0.15) is 5.76 Å². The van der Waals surface area contributed by atoms with Gasteiger partial charge in [-0.15, -0.1) is 0 Å². The van der Waals surface area contributed by atoms with Crippen molar-refractivity contribution in [3.63, 3.8) is 0 Å². The minimum atomic E-state index is -2.14. The number of aryl methyl sites for hydroxylation is 1. The predicted octanol–water partition coefficient (Wildman–Crippen LogP) is 3.35. The highest BCUT2D eigenvalue weighted by Gasteiger charge is 2.58. The molecule has 0 radical (unpaired) electrons. The van der Waals surface area contributed by atoms with Gasteiger partial charge in [0.15, 0.2) is 0 Å². The molecule has 1 N–H and O–H groups in total. The lowest BCUT2D eigenvalue weighted by Crippen LogP contribution is -2.42. The van der Waals surface area contributed by atoms with Crippen LogP contribution in [0.5, 0.6) is 0 Å². The van der Waals surface area contributed by atoms with E-state index in [2.05, 4.69) is 4.98 Å². The maximum absolute atomic E-state index is 15.0. The van der Waals surface area contributed by atoms with Gasteiger partial charge in [-0.1, -0.05) is 0 Å². The van der Waals surface area contributed by atoms with Crippen molar-refractivity contribution in [2.75, 3.05) is 13.1 Å². The van der Waals surface area contributed by atoms with Gasteiger partial charge in [0, 0.05) is 36.5 Å². The van der Waals surface area contributed by atoms with E-state index >= 15 is 0 Å². The van der Waals surface area contributed by atoms with E-state index in [1.165, 1.54) is 0 Å². The molecule has 1 saturated carbocycles. The van der Waals surface area contributed by atoms with E-state index in [4.69, 9.17) is 4.42 Å². The van der Waals surface area contributed by atoms with Crippen molar-refractivity contribution in [3.8, 4) is 11.5 Å². The van der Waals surface area contributed by atoms with E-state index in [1.807, 2.05) is 28.7 Å². The third kappa shape index (κ3) is 2.65. The Morgan fingerprint density at radius 3 is 3.00 bits per heavy atom. The van der Waals surface area contributed by atoms with Crippen LogP contribution in [0.3, 0.4) is 0 Å². The number of rotatable bonds is 5. The number of oxazole rings is 1. The first-order valence-electron chi connectivity index (χ1n) is 8.11. The molecule has 0 amide bonds. The fraction of sp³-hybridized carbons (Fsp3) is 0.529. The largest absolute Gasteiger partial charge is 0.479 e. The lowest BCUT2D eigenvalue weighted by Gasteiger charge is -2.21. The summed E-state index contributed by atoms with van der Waals surface area (Å²) in [6.07, 6.45) is 1.87. The molecule has 128 valence electrons. The number of nitrogens with zero attached hydrogens (tertiary/aromatic N) is 2. The third-order valence-corrected chi connectivity index (χ3v) is 5.76. The summed E-state index contributed by atoms with van der Waals surface area (Å²) in [5, 5.41) is 13.3. The van der Waals surface area contributed by atoms with Crippen LogP contribution in [-0.4, -0.2) is 39.7 Å². The quantitative estimate of drug-likeness (QED) is 0.896. The Bertz CT molecular complexity index is 756. The number of halogens is 1. The van der Waals surface area contributed by atoms with Crippen molar-refractivity contribution < 1.29 is 18.7 Å². The molecule has 7 heteroatoms. The van der Waals surface area contributed by atoms with Gasteiger partial charge in [-0.05, 0) is 37.1 Å². The molecule has 0 bridgehead atoms. The molecule has 2 aliphatic rings. The highest BCUT2D eigenvalue weighted by Crippen LogP contribution is 2.48. The molecule has 5 nitrogen and oxygen atoms in total. The standard InChI is InChI=1S/C17H19FN2O3S/c1-10-14(19-15(23-10)12-4-5-24-8-12)7-20-6-13(11-2-3-11)17(18,9-20)16(21)22/h4-5,8,11,13H,2-3,6-7,9H2,1H3,(H,21,22). The van der Waals surface area contributed by atoms with Gasteiger partial charge < -0.3 is 9.52 Å². The molecule has 24 heavy (non-hydrogen) atoms. The summed E-state index contributed by atoms with van der Waals surface area (Å²) < 4.78 is 20.7. The van der Waals surface area contributed by atoms with Crippen LogP contribution in [0.2, 0.25) is 0 Å². The van der Waals surface area contributed by atoms with Gasteiger partial charge in [0.25, 0.3) is 0 Å². The lowest BCUT2D eigenvalue weighted by atomic mass is 9.89. The van der Waals surface area contributed by atoms with Crippen molar-refractivity contribution in [2.24, 2.45) is 11.8 Å². The number of hydrogen-bond acceptors (Lipinski definition) is 5. The van der Waals surface area contributed by atoms with Crippen LogP contribution in [-0.2, 0) is 11.3 Å². The van der Waals surface area contributed by atoms with Crippen LogP contribution < -0.4 is 0 Å². The number of aliphatic carboxylic acids is 1. The predicted molar refractivity (Wildman–Crippen MR) is 87.5 cm³/mol. The molecule has 4 rings (SSSR count). The summed E-state index contributed by atoms with van der Waals surface area (Å²) in [6, 6.07) is 1.94. The van der Waals surface area contributed by atoms with Crippen molar-refractivity contribution in [1.82, 2.24) is 9.88 Å². The van der Waals surface area contributed by atoms with Gasteiger partial charge in [-0.3, -0.25) is 4.90 Å². The second kappa shape index (κ2) is 5.67. The summed E-state index contributed by atoms with van der Waals surface area (Å²) in [4.78, 5) is 17.8. The van der Waals surface area contributed by atoms with Gasteiger partial charge >= 0.3 is 5.97 Å². The topological polar surface area (TPSA) is 66.6 Å². The first kappa shape index (κ1) is 15.8. The Hall–Kier alpha value is -1.73. The maximum Gasteiger partial charge on any atom is 0.343 e. The highest BCUT2D eigenvalue weighted by molar-refractivity contribution is 7.08. The summed E-state index contributed by atoms with van der Waals surface area (Å²) in [5.41, 5.74) is -0.466. The molecule has 0 spiro atoms. The zero-order chi connectivity index (χ0) is 16.9. The molecule has 2 fully saturated rings. The van der Waals surface area contributed by atoms with Crippen molar-refractivity contribution >= 4 is 17.3 Å². The zero-order valence-corrected chi connectivity index (χ0v) is 14.2. The molecule has 2 aromatic heterocycles. The Labute approximate surface area is 143 Å². The molecule has 3 heterocycles. The molecule has 0 aromatic carbocycles. The Morgan fingerprint density at radius 1 is 1.58 bits per heavy atom. The number of carboxylic acids is 1. The van der Waals surface area contributed by atoms with Gasteiger partial charge in [0.05, 0.1) is 5.69 Å². The molecule has 1 aliphatic heterocycles. The molecule has 1 aliphatic carbocycles. The van der Waals surface area contributed by atoms with Crippen LogP contribution in [0.4, 0.5) is 4.39 Å². The van der Waals surface area contributed by atoms with Gasteiger partial charge in [0.2, 0.25) is 11.6 Å². The lowest BCUT2D eigenvalue weighted by molar-refractivity contribution is -0.153. The van der Waals surface area contributed by atoms with Gasteiger partial charge in [-0.25, -0.2) is 14.2 Å². The first-order valence-corrected chi connectivity index (χ1v) is 9.05. The number of carboxylic acid groups (broad SMARTS) is 1. The fourth-order valence-electron chi connectivity index (χ4n) is 3.59. The molecule has 1 saturated heterocycles. The normalized spacial score (nSPS) is 27.7. The number of likely N-dealkylation sites (tertiary alicyclic amines) is 1. The van der Waals surface area contributed by atoms with Gasteiger partial charge in [-0.2, -0.15) is 11.3 Å². The van der Waals surface area contributed by atoms with E-state index in [0.717, 1.165) is 24.1 Å². The van der Waals surface area contributed by atoms with Crippen LogP contribution in [0.25, 0.3) is 11.5 Å². The van der Waals surface area contributed by atoms with Crippen LogP contribution in [0.1, 0.15) is 24.3 Å². The summed E-state index contributed by atoms with van der Waals surface area (Å²) in [7, 11) is 0. The molecule has 2 unspecified atom stereocenters.